The van der Waals surface area contributed by atoms with Crippen molar-refractivity contribution in [2.45, 2.75) is 33.2 Å². The van der Waals surface area contributed by atoms with E-state index in [1.807, 2.05) is 0 Å². The largest absolute Gasteiger partial charge is 0.349 e. The number of aromatic nitrogens is 2. The lowest BCUT2D eigenvalue weighted by Gasteiger charge is -2.16. The fourth-order valence-electron chi connectivity index (χ4n) is 1.71. The van der Waals surface area contributed by atoms with Crippen LogP contribution >= 0.6 is 0 Å². The van der Waals surface area contributed by atoms with Crippen LogP contribution in [-0.2, 0) is 11.3 Å². The van der Waals surface area contributed by atoms with Gasteiger partial charge in [-0.05, 0) is 24.8 Å². The van der Waals surface area contributed by atoms with Gasteiger partial charge in [0.1, 0.15) is 0 Å². The van der Waals surface area contributed by atoms with Crippen molar-refractivity contribution in [1.29, 1.82) is 0 Å². The molecule has 3 N–H and O–H groups in total. The summed E-state index contributed by atoms with van der Waals surface area (Å²) < 4.78 is 4.57. The summed E-state index contributed by atoms with van der Waals surface area (Å²) in [5, 5.41) is 6.35. The smallest absolute Gasteiger partial charge is 0.220 e. The molecule has 0 aliphatic rings. The van der Waals surface area contributed by atoms with Gasteiger partial charge in [-0.2, -0.15) is 4.98 Å². The van der Waals surface area contributed by atoms with E-state index in [1.54, 1.807) is 0 Å². The summed E-state index contributed by atoms with van der Waals surface area (Å²) in [6.07, 6.45) is 2.65. The van der Waals surface area contributed by atoms with Crippen LogP contribution in [0, 0.1) is 11.8 Å². The quantitative estimate of drug-likeness (QED) is 0.731. The molecule has 1 aromatic rings. The highest BCUT2D eigenvalue weighted by Gasteiger charge is 2.14. The Morgan fingerprint density at radius 2 is 2.35 bits per heavy atom. The maximum absolute atomic E-state index is 11.6. The predicted octanol–water partition coefficient (Wildman–Crippen LogP) is 0.697. The van der Waals surface area contributed by atoms with Crippen molar-refractivity contribution in [2.24, 2.45) is 17.6 Å². The molecule has 0 bridgehead atoms. The minimum absolute atomic E-state index is 0.0223. The number of nitrogens with zero attached hydrogens (tertiary/aromatic N) is 2. The molecule has 1 heterocycles. The van der Waals surface area contributed by atoms with Crippen molar-refractivity contribution in [2.75, 3.05) is 6.54 Å². The Balaban J connectivity index is 2.27. The Labute approximate surface area is 101 Å². The Hall–Kier alpha value is -1.43. The maximum Gasteiger partial charge on any atom is 0.220 e. The van der Waals surface area contributed by atoms with E-state index in [2.05, 4.69) is 33.8 Å². The van der Waals surface area contributed by atoms with Crippen LogP contribution in [0.4, 0.5) is 0 Å². The zero-order chi connectivity index (χ0) is 12.7. The normalized spacial score (nSPS) is 12.7. The van der Waals surface area contributed by atoms with E-state index in [-0.39, 0.29) is 11.8 Å². The highest BCUT2D eigenvalue weighted by molar-refractivity contribution is 5.76. The average Bonchev–Trinajstić information content (AvgIpc) is 2.77. The third-order valence-electron chi connectivity index (χ3n) is 2.46. The van der Waals surface area contributed by atoms with Gasteiger partial charge in [-0.25, -0.2) is 0 Å². The Kier molecular flexibility index (Phi) is 5.62. The SMILES string of the molecule is CC(C)C[C@H](CN)CC(=O)NCc1ncon1. The first-order chi connectivity index (χ1) is 8.11. The van der Waals surface area contributed by atoms with E-state index in [0.717, 1.165) is 6.42 Å². The molecular weight excluding hydrogens is 220 g/mol. The number of amides is 1. The van der Waals surface area contributed by atoms with Gasteiger partial charge in [-0.1, -0.05) is 19.0 Å². The number of nitrogens with two attached hydrogens (primary N) is 1. The number of hydrogen-bond donors (Lipinski definition) is 2. The van der Waals surface area contributed by atoms with Gasteiger partial charge in [0.25, 0.3) is 0 Å². The molecule has 0 aliphatic heterocycles. The van der Waals surface area contributed by atoms with Crippen LogP contribution in [-0.4, -0.2) is 22.6 Å². The van der Waals surface area contributed by atoms with E-state index in [0.29, 0.717) is 31.3 Å². The minimum atomic E-state index is -0.0223. The van der Waals surface area contributed by atoms with Gasteiger partial charge in [0, 0.05) is 6.42 Å². The first-order valence-electron chi connectivity index (χ1n) is 5.83. The molecule has 17 heavy (non-hydrogen) atoms. The summed E-state index contributed by atoms with van der Waals surface area (Å²) in [5.74, 6) is 1.24. The molecule has 0 aromatic carbocycles. The molecule has 0 fully saturated rings. The van der Waals surface area contributed by atoms with Crippen LogP contribution in [0.25, 0.3) is 0 Å². The van der Waals surface area contributed by atoms with Gasteiger partial charge in [-0.15, -0.1) is 0 Å². The Morgan fingerprint density at radius 1 is 1.59 bits per heavy atom. The summed E-state index contributed by atoms with van der Waals surface area (Å²) in [5.41, 5.74) is 5.64. The Bertz CT molecular complexity index is 324. The van der Waals surface area contributed by atoms with Gasteiger partial charge in [0.15, 0.2) is 5.82 Å². The molecule has 0 spiro atoms. The summed E-state index contributed by atoms with van der Waals surface area (Å²) in [4.78, 5) is 15.5. The molecule has 6 nitrogen and oxygen atoms in total. The van der Waals surface area contributed by atoms with Crippen molar-refractivity contribution in [3.63, 3.8) is 0 Å². The summed E-state index contributed by atoms with van der Waals surface area (Å²) in [6, 6.07) is 0. The van der Waals surface area contributed by atoms with E-state index in [1.165, 1.54) is 6.39 Å². The lowest BCUT2D eigenvalue weighted by molar-refractivity contribution is -0.122. The minimum Gasteiger partial charge on any atom is -0.349 e. The molecule has 1 amide bonds. The maximum atomic E-state index is 11.6. The third kappa shape index (κ3) is 5.44. The topological polar surface area (TPSA) is 94.0 Å². The van der Waals surface area contributed by atoms with Gasteiger partial charge in [0.2, 0.25) is 12.3 Å². The molecular formula is C11H20N4O2. The average molecular weight is 240 g/mol. The van der Waals surface area contributed by atoms with Crippen LogP contribution in [0.5, 0.6) is 0 Å². The fourth-order valence-corrected chi connectivity index (χ4v) is 1.71. The van der Waals surface area contributed by atoms with E-state index >= 15 is 0 Å². The highest BCUT2D eigenvalue weighted by Crippen LogP contribution is 2.13. The summed E-state index contributed by atoms with van der Waals surface area (Å²) in [6.45, 7) is 5.09. The summed E-state index contributed by atoms with van der Waals surface area (Å²) in [7, 11) is 0. The molecule has 6 heteroatoms. The van der Waals surface area contributed by atoms with Gasteiger partial charge in [-0.3, -0.25) is 4.79 Å². The van der Waals surface area contributed by atoms with E-state index < -0.39 is 0 Å². The molecule has 1 atom stereocenters. The van der Waals surface area contributed by atoms with E-state index in [9.17, 15) is 4.79 Å². The van der Waals surface area contributed by atoms with Gasteiger partial charge in [0.05, 0.1) is 6.54 Å². The first kappa shape index (κ1) is 13.6. The molecule has 0 radical (unpaired) electrons. The number of hydrogen-bond acceptors (Lipinski definition) is 5. The fraction of sp³-hybridized carbons (Fsp3) is 0.727. The molecule has 0 saturated heterocycles. The van der Waals surface area contributed by atoms with Crippen molar-refractivity contribution >= 4 is 5.91 Å². The molecule has 0 unspecified atom stereocenters. The van der Waals surface area contributed by atoms with E-state index in [4.69, 9.17) is 5.73 Å². The zero-order valence-electron chi connectivity index (χ0n) is 10.3. The second-order valence-corrected chi connectivity index (χ2v) is 4.56. The number of carbonyl (C=O) groups excluding carboxylic acids is 1. The van der Waals surface area contributed by atoms with Crippen LogP contribution in [0.15, 0.2) is 10.9 Å². The first-order valence-corrected chi connectivity index (χ1v) is 5.83. The second-order valence-electron chi connectivity index (χ2n) is 4.56. The molecule has 1 aromatic heterocycles. The summed E-state index contributed by atoms with van der Waals surface area (Å²) >= 11 is 0. The monoisotopic (exact) mass is 240 g/mol. The molecule has 1 rings (SSSR count). The molecule has 0 saturated carbocycles. The molecule has 96 valence electrons. The van der Waals surface area contributed by atoms with Gasteiger partial charge >= 0.3 is 0 Å². The van der Waals surface area contributed by atoms with Crippen LogP contribution in [0.1, 0.15) is 32.5 Å². The third-order valence-corrected chi connectivity index (χ3v) is 2.46. The van der Waals surface area contributed by atoms with Crippen LogP contribution < -0.4 is 11.1 Å². The number of carbonyl (C=O) groups is 1. The lowest BCUT2D eigenvalue weighted by atomic mass is 9.94. The van der Waals surface area contributed by atoms with Crippen molar-refractivity contribution in [3.8, 4) is 0 Å². The van der Waals surface area contributed by atoms with Crippen molar-refractivity contribution in [3.05, 3.63) is 12.2 Å². The van der Waals surface area contributed by atoms with Gasteiger partial charge < -0.3 is 15.6 Å². The standard InChI is InChI=1S/C11H20N4O2/c1-8(2)3-9(5-12)4-11(16)13-6-10-14-7-17-15-10/h7-9H,3-6,12H2,1-2H3,(H,13,16)/t9-/m0/s1. The zero-order valence-corrected chi connectivity index (χ0v) is 10.3. The highest BCUT2D eigenvalue weighted by atomic mass is 16.5. The predicted molar refractivity (Wildman–Crippen MR) is 62.8 cm³/mol. The molecule has 0 aliphatic carbocycles. The lowest BCUT2D eigenvalue weighted by Crippen LogP contribution is -2.28. The Morgan fingerprint density at radius 3 is 2.88 bits per heavy atom. The van der Waals surface area contributed by atoms with Crippen molar-refractivity contribution < 1.29 is 9.32 Å². The van der Waals surface area contributed by atoms with Crippen LogP contribution in [0.3, 0.4) is 0 Å². The number of rotatable bonds is 7. The van der Waals surface area contributed by atoms with Crippen LogP contribution in [0.2, 0.25) is 0 Å². The second kappa shape index (κ2) is 7.01. The number of nitrogens with one attached hydrogen (secondary N) is 1. The van der Waals surface area contributed by atoms with Crippen molar-refractivity contribution in [1.82, 2.24) is 15.5 Å².